The van der Waals surface area contributed by atoms with Crippen LogP contribution in [0.2, 0.25) is 0 Å². The van der Waals surface area contributed by atoms with Gasteiger partial charge in [-0.3, -0.25) is 0 Å². The Hall–Kier alpha value is 1.99. The van der Waals surface area contributed by atoms with Crippen LogP contribution in [-0.2, 0) is 9.47 Å². The van der Waals surface area contributed by atoms with Gasteiger partial charge in [0.15, 0.2) is 0 Å². The van der Waals surface area contributed by atoms with Gasteiger partial charge in [-0.25, -0.2) is 4.79 Å². The van der Waals surface area contributed by atoms with Gasteiger partial charge in [-0.05, 0) is 35.9 Å². The van der Waals surface area contributed by atoms with E-state index in [0.717, 1.165) is 123 Å². The zero-order valence-corrected chi connectivity index (χ0v) is 29.6. The van der Waals surface area contributed by atoms with Crippen molar-refractivity contribution in [2.24, 2.45) is 0 Å². The number of nitrogens with zero attached hydrogens (tertiary/aromatic N) is 2. The number of amides is 2. The van der Waals surface area contributed by atoms with E-state index in [0.29, 0.717) is 0 Å². The molecule has 0 atom stereocenters. The third-order valence-corrected chi connectivity index (χ3v) is 12.8. The second-order valence-corrected chi connectivity index (χ2v) is 16.6. The average Bonchev–Trinajstić information content (AvgIpc) is 3.27. The van der Waals surface area contributed by atoms with Gasteiger partial charge in [0.25, 0.3) is 0 Å². The molecule has 0 aliphatic carbocycles. The fraction of sp³-hybridized carbons (Fsp3) is 0.960. The number of thiol groups is 2. The predicted octanol–water partition coefficient (Wildman–Crippen LogP) is 5.80. The minimum atomic E-state index is 0.231. The van der Waals surface area contributed by atoms with Crippen molar-refractivity contribution in [3.8, 4) is 0 Å². The summed E-state index contributed by atoms with van der Waals surface area (Å²) in [6, 6.07) is 0.231. The Morgan fingerprint density at radius 3 is 1.24 bits per heavy atom. The normalized spacial score (nSPS) is 13.8. The van der Waals surface area contributed by atoms with Crippen molar-refractivity contribution < 1.29 is 14.3 Å². The Morgan fingerprint density at radius 2 is 0.868 bits per heavy atom. The van der Waals surface area contributed by atoms with E-state index in [1.54, 1.807) is 0 Å². The monoisotopic (exact) mass is 682 g/mol. The van der Waals surface area contributed by atoms with Crippen LogP contribution in [0.3, 0.4) is 0 Å². The summed E-state index contributed by atoms with van der Waals surface area (Å²) in [5, 5.41) is 0. The summed E-state index contributed by atoms with van der Waals surface area (Å²) in [6.07, 6.45) is 2.13. The van der Waals surface area contributed by atoms with Crippen molar-refractivity contribution >= 4 is 102 Å². The molecule has 0 bridgehead atoms. The standard InChI is InChI=1S/C25H50N2O3S8/c28-25-26(3-1-13-33-15-7-29-9-17-35-21-23-37-19-11-31)5-6-27(25)4-2-14-34-16-8-30-10-18-36-22-24-38-20-12-32/h31-32H,1-24H2. The predicted molar refractivity (Wildman–Crippen MR) is 191 cm³/mol. The Bertz CT molecular complexity index is 487. The Balaban J connectivity index is 1.82. The van der Waals surface area contributed by atoms with Gasteiger partial charge < -0.3 is 19.3 Å². The average molecular weight is 683 g/mol. The van der Waals surface area contributed by atoms with E-state index in [4.69, 9.17) is 9.47 Å². The Labute approximate surface area is 269 Å². The number of urea groups is 1. The van der Waals surface area contributed by atoms with Gasteiger partial charge in [0.2, 0.25) is 0 Å². The fourth-order valence-electron chi connectivity index (χ4n) is 3.42. The summed E-state index contributed by atoms with van der Waals surface area (Å²) in [5.41, 5.74) is 0. The molecular formula is C25H50N2O3S8. The highest BCUT2D eigenvalue weighted by Gasteiger charge is 2.27. The van der Waals surface area contributed by atoms with Crippen molar-refractivity contribution in [1.29, 1.82) is 0 Å². The first-order chi connectivity index (χ1) is 18.8. The smallest absolute Gasteiger partial charge is 0.320 e. The van der Waals surface area contributed by atoms with E-state index in [-0.39, 0.29) is 6.03 Å². The van der Waals surface area contributed by atoms with Crippen LogP contribution in [-0.4, -0.2) is 149 Å². The van der Waals surface area contributed by atoms with E-state index in [2.05, 4.69) is 25.3 Å². The molecule has 1 fully saturated rings. The maximum absolute atomic E-state index is 12.6. The lowest BCUT2D eigenvalue weighted by molar-refractivity contribution is 0.167. The lowest BCUT2D eigenvalue weighted by Gasteiger charge is -2.18. The topological polar surface area (TPSA) is 42.0 Å². The molecule has 0 aromatic rings. The molecule has 38 heavy (non-hydrogen) atoms. The van der Waals surface area contributed by atoms with Crippen LogP contribution in [0.4, 0.5) is 4.79 Å². The summed E-state index contributed by atoms with van der Waals surface area (Å²) >= 11 is 20.2. The minimum Gasteiger partial charge on any atom is -0.380 e. The fourth-order valence-corrected chi connectivity index (χ4v) is 9.17. The molecule has 13 heteroatoms. The molecule has 0 saturated carbocycles. The number of rotatable bonds is 30. The van der Waals surface area contributed by atoms with Gasteiger partial charge in [0.1, 0.15) is 0 Å². The number of hydrogen-bond acceptors (Lipinski definition) is 11. The molecule has 2 amide bonds. The molecule has 0 unspecified atom stereocenters. The van der Waals surface area contributed by atoms with E-state index in [9.17, 15) is 4.79 Å². The molecule has 0 spiro atoms. The van der Waals surface area contributed by atoms with Crippen molar-refractivity contribution in [2.75, 3.05) is 133 Å². The molecule has 1 saturated heterocycles. The van der Waals surface area contributed by atoms with Gasteiger partial charge in [-0.1, -0.05) is 0 Å². The molecule has 1 aliphatic heterocycles. The molecule has 1 aliphatic rings. The molecule has 1 heterocycles. The van der Waals surface area contributed by atoms with Crippen molar-refractivity contribution in [1.82, 2.24) is 9.80 Å². The first kappa shape index (κ1) is 38.0. The SMILES string of the molecule is O=C1N(CCCSCCOCCSCCSCCS)CCN1CCCSCCOCCSCCSCCS. The van der Waals surface area contributed by atoms with Gasteiger partial charge in [-0.15, -0.1) is 0 Å². The number of carbonyl (C=O) groups excluding carboxylic acids is 1. The zero-order chi connectivity index (χ0) is 27.4. The third-order valence-electron chi connectivity index (χ3n) is 5.32. The molecule has 5 nitrogen and oxygen atoms in total. The molecule has 0 N–H and O–H groups in total. The minimum absolute atomic E-state index is 0.231. The van der Waals surface area contributed by atoms with Crippen molar-refractivity contribution in [3.05, 3.63) is 0 Å². The first-order valence-corrected chi connectivity index (χ1v) is 21.9. The van der Waals surface area contributed by atoms with Crippen LogP contribution in [0.1, 0.15) is 12.8 Å². The maximum atomic E-state index is 12.6. The molecular weight excluding hydrogens is 633 g/mol. The van der Waals surface area contributed by atoms with Gasteiger partial charge in [0.05, 0.1) is 26.4 Å². The summed E-state index contributed by atoms with van der Waals surface area (Å²) in [6.45, 7) is 6.88. The number of carbonyl (C=O) groups is 1. The van der Waals surface area contributed by atoms with Crippen LogP contribution >= 0.6 is 95.8 Å². The summed E-state index contributed by atoms with van der Waals surface area (Å²) in [7, 11) is 0. The molecule has 1 rings (SSSR count). The van der Waals surface area contributed by atoms with Crippen molar-refractivity contribution in [3.63, 3.8) is 0 Å². The maximum Gasteiger partial charge on any atom is 0.320 e. The van der Waals surface area contributed by atoms with Crippen LogP contribution in [0.5, 0.6) is 0 Å². The molecule has 0 aromatic carbocycles. The summed E-state index contributed by atoms with van der Waals surface area (Å²) < 4.78 is 11.5. The highest BCUT2D eigenvalue weighted by Crippen LogP contribution is 2.13. The molecule has 0 radical (unpaired) electrons. The Kier molecular flexibility index (Phi) is 30.5. The molecule has 0 aromatic heterocycles. The van der Waals surface area contributed by atoms with E-state index < -0.39 is 0 Å². The lowest BCUT2D eigenvalue weighted by atomic mass is 10.4. The third kappa shape index (κ3) is 23.5. The Morgan fingerprint density at radius 1 is 0.526 bits per heavy atom. The van der Waals surface area contributed by atoms with Crippen molar-refractivity contribution in [2.45, 2.75) is 12.8 Å². The highest BCUT2D eigenvalue weighted by atomic mass is 32.2. The lowest BCUT2D eigenvalue weighted by Crippen LogP contribution is -2.33. The summed E-state index contributed by atoms with van der Waals surface area (Å²) in [5.74, 6) is 15.5. The van der Waals surface area contributed by atoms with Gasteiger partial charge in [-0.2, -0.15) is 95.8 Å². The largest absolute Gasteiger partial charge is 0.380 e. The van der Waals surface area contributed by atoms with E-state index >= 15 is 0 Å². The quantitative estimate of drug-likeness (QED) is 0.0724. The molecule has 226 valence electrons. The van der Waals surface area contributed by atoms with Crippen LogP contribution < -0.4 is 0 Å². The highest BCUT2D eigenvalue weighted by molar-refractivity contribution is 8.03. The first-order valence-electron chi connectivity index (χ1n) is 13.7. The van der Waals surface area contributed by atoms with Gasteiger partial charge >= 0.3 is 6.03 Å². The van der Waals surface area contributed by atoms with E-state index in [1.807, 2.05) is 80.4 Å². The van der Waals surface area contributed by atoms with Crippen LogP contribution in [0, 0.1) is 0 Å². The zero-order valence-electron chi connectivity index (χ0n) is 22.9. The van der Waals surface area contributed by atoms with Crippen LogP contribution in [0.25, 0.3) is 0 Å². The van der Waals surface area contributed by atoms with Gasteiger partial charge in [0, 0.05) is 83.7 Å². The number of ether oxygens (including phenoxy) is 2. The van der Waals surface area contributed by atoms with E-state index in [1.165, 1.54) is 23.0 Å². The second kappa shape index (κ2) is 30.4. The van der Waals surface area contributed by atoms with Crippen LogP contribution in [0.15, 0.2) is 0 Å². The number of hydrogen-bond donors (Lipinski definition) is 2. The number of thioether (sulfide) groups is 6. The summed E-state index contributed by atoms with van der Waals surface area (Å²) in [4.78, 5) is 16.7. The second-order valence-electron chi connectivity index (χ2n) is 8.31.